The average molecular weight is 365 g/mol. The molecule has 0 fully saturated rings. The number of hydrogen-bond acceptors (Lipinski definition) is 4. The Labute approximate surface area is 161 Å². The molecule has 4 heteroatoms. The van der Waals surface area contributed by atoms with E-state index in [4.69, 9.17) is 9.15 Å². The summed E-state index contributed by atoms with van der Waals surface area (Å²) >= 11 is 0. The van der Waals surface area contributed by atoms with Gasteiger partial charge in [0.2, 0.25) is 0 Å². The predicted octanol–water partition coefficient (Wildman–Crippen LogP) is 4.17. The first-order valence-electron chi connectivity index (χ1n) is 9.29. The molecule has 0 saturated heterocycles. The van der Waals surface area contributed by atoms with Gasteiger partial charge in [-0.25, -0.2) is 0 Å². The molecule has 0 aliphatic rings. The van der Waals surface area contributed by atoms with E-state index in [2.05, 4.69) is 36.1 Å². The number of hydrogen-bond donors (Lipinski definition) is 1. The third kappa shape index (κ3) is 6.68. The van der Waals surface area contributed by atoms with Gasteiger partial charge in [0.25, 0.3) is 0 Å². The van der Waals surface area contributed by atoms with Gasteiger partial charge in [0.15, 0.2) is 0 Å². The number of aryl methyl sites for hydroxylation is 1. The summed E-state index contributed by atoms with van der Waals surface area (Å²) in [4.78, 5) is 2.18. The van der Waals surface area contributed by atoms with Crippen LogP contribution in [0.3, 0.4) is 0 Å². The zero-order valence-electron chi connectivity index (χ0n) is 15.8. The number of benzene rings is 2. The lowest BCUT2D eigenvalue weighted by Gasteiger charge is -2.24. The third-order valence-corrected chi connectivity index (χ3v) is 4.34. The molecule has 3 aromatic rings. The van der Waals surface area contributed by atoms with Gasteiger partial charge in [-0.15, -0.1) is 0 Å². The molecular weight excluding hydrogens is 338 g/mol. The molecule has 1 heterocycles. The molecule has 3 rings (SSSR count). The maximum Gasteiger partial charge on any atom is 0.117 e. The van der Waals surface area contributed by atoms with Gasteiger partial charge in [-0.2, -0.15) is 0 Å². The first kappa shape index (κ1) is 19.4. The summed E-state index contributed by atoms with van der Waals surface area (Å²) in [6, 6.07) is 22.3. The van der Waals surface area contributed by atoms with E-state index in [0.29, 0.717) is 26.3 Å². The van der Waals surface area contributed by atoms with Crippen molar-refractivity contribution in [1.82, 2.24) is 4.90 Å². The number of aliphatic hydroxyl groups excluding tert-OH is 1. The molecule has 0 spiro atoms. The topological polar surface area (TPSA) is 45.8 Å². The Morgan fingerprint density at radius 3 is 2.52 bits per heavy atom. The van der Waals surface area contributed by atoms with Crippen molar-refractivity contribution < 1.29 is 14.3 Å². The predicted molar refractivity (Wildman–Crippen MR) is 106 cm³/mol. The lowest BCUT2D eigenvalue weighted by Crippen LogP contribution is -2.34. The molecule has 1 unspecified atom stereocenters. The van der Waals surface area contributed by atoms with E-state index in [9.17, 15) is 5.11 Å². The van der Waals surface area contributed by atoms with Gasteiger partial charge in [0, 0.05) is 13.1 Å². The fraction of sp³-hybridized carbons (Fsp3) is 0.304. The second-order valence-corrected chi connectivity index (χ2v) is 6.89. The molecule has 0 saturated carbocycles. The minimum Gasteiger partial charge on any atom is -0.468 e. The molecule has 0 aliphatic carbocycles. The summed E-state index contributed by atoms with van der Waals surface area (Å²) in [5.74, 6) is 0.889. The minimum atomic E-state index is -0.562. The van der Waals surface area contributed by atoms with Crippen LogP contribution in [0.4, 0.5) is 0 Å². The average Bonchev–Trinajstić information content (AvgIpc) is 3.15. The Hall–Kier alpha value is -2.40. The van der Waals surface area contributed by atoms with E-state index < -0.39 is 6.10 Å². The molecule has 1 N–H and O–H groups in total. The highest BCUT2D eigenvalue weighted by Crippen LogP contribution is 2.13. The molecule has 1 aromatic heterocycles. The highest BCUT2D eigenvalue weighted by Gasteiger charge is 2.15. The smallest absolute Gasteiger partial charge is 0.117 e. The standard InChI is InChI=1S/C23H27NO3/c1-19-7-5-10-21(13-19)14-24(16-23-11-6-12-27-23)15-22(25)18-26-17-20-8-3-2-4-9-20/h2-13,22,25H,14-18H2,1H3. The summed E-state index contributed by atoms with van der Waals surface area (Å²) < 4.78 is 11.2. The first-order chi connectivity index (χ1) is 13.2. The number of aliphatic hydroxyl groups is 1. The summed E-state index contributed by atoms with van der Waals surface area (Å²) in [5, 5.41) is 10.5. The zero-order valence-corrected chi connectivity index (χ0v) is 15.8. The molecule has 0 aliphatic heterocycles. The monoisotopic (exact) mass is 365 g/mol. The van der Waals surface area contributed by atoms with Gasteiger partial charge in [-0.05, 0) is 30.2 Å². The van der Waals surface area contributed by atoms with Gasteiger partial charge in [-0.3, -0.25) is 4.90 Å². The van der Waals surface area contributed by atoms with Crippen LogP contribution in [0.2, 0.25) is 0 Å². The maximum absolute atomic E-state index is 10.5. The molecule has 2 aromatic carbocycles. The van der Waals surface area contributed by atoms with E-state index in [0.717, 1.165) is 17.9 Å². The van der Waals surface area contributed by atoms with E-state index in [-0.39, 0.29) is 0 Å². The van der Waals surface area contributed by atoms with Crippen molar-refractivity contribution in [2.75, 3.05) is 13.2 Å². The molecule has 142 valence electrons. The highest BCUT2D eigenvalue weighted by molar-refractivity contribution is 5.22. The lowest BCUT2D eigenvalue weighted by molar-refractivity contribution is 0.00613. The van der Waals surface area contributed by atoms with Crippen molar-refractivity contribution in [2.24, 2.45) is 0 Å². The van der Waals surface area contributed by atoms with Gasteiger partial charge >= 0.3 is 0 Å². The van der Waals surface area contributed by atoms with Crippen molar-refractivity contribution in [1.29, 1.82) is 0 Å². The fourth-order valence-corrected chi connectivity index (χ4v) is 3.11. The van der Waals surface area contributed by atoms with Crippen molar-refractivity contribution >= 4 is 0 Å². The maximum atomic E-state index is 10.5. The molecule has 0 amide bonds. The lowest BCUT2D eigenvalue weighted by atomic mass is 10.1. The van der Waals surface area contributed by atoms with Crippen molar-refractivity contribution in [3.05, 3.63) is 95.4 Å². The molecule has 0 bridgehead atoms. The minimum absolute atomic E-state index is 0.303. The normalized spacial score (nSPS) is 12.4. The van der Waals surface area contributed by atoms with E-state index in [1.165, 1.54) is 11.1 Å². The number of rotatable bonds is 10. The SMILES string of the molecule is Cc1cccc(CN(Cc2ccco2)CC(O)COCc2ccccc2)c1. The van der Waals surface area contributed by atoms with Crippen LogP contribution in [0.15, 0.2) is 77.4 Å². The van der Waals surface area contributed by atoms with Gasteiger partial charge in [-0.1, -0.05) is 60.2 Å². The Kier molecular flexibility index (Phi) is 7.22. The van der Waals surface area contributed by atoms with Crippen molar-refractivity contribution in [3.8, 4) is 0 Å². The van der Waals surface area contributed by atoms with Crippen LogP contribution in [-0.4, -0.2) is 29.3 Å². The van der Waals surface area contributed by atoms with Gasteiger partial charge < -0.3 is 14.3 Å². The summed E-state index contributed by atoms with van der Waals surface area (Å²) in [7, 11) is 0. The summed E-state index contributed by atoms with van der Waals surface area (Å²) in [5.41, 5.74) is 3.56. The van der Waals surface area contributed by atoms with Crippen LogP contribution in [-0.2, 0) is 24.4 Å². The van der Waals surface area contributed by atoms with Gasteiger partial charge in [0.05, 0.1) is 32.1 Å². The molecule has 1 atom stereocenters. The number of ether oxygens (including phenoxy) is 1. The molecule has 4 nitrogen and oxygen atoms in total. The Morgan fingerprint density at radius 2 is 1.78 bits per heavy atom. The van der Waals surface area contributed by atoms with Crippen molar-refractivity contribution in [3.63, 3.8) is 0 Å². The quantitative estimate of drug-likeness (QED) is 0.586. The Morgan fingerprint density at radius 1 is 0.963 bits per heavy atom. The van der Waals surface area contributed by atoms with Crippen LogP contribution < -0.4 is 0 Å². The van der Waals surface area contributed by atoms with Crippen LogP contribution in [0.1, 0.15) is 22.5 Å². The molecule has 0 radical (unpaired) electrons. The van der Waals surface area contributed by atoms with Crippen LogP contribution in [0.5, 0.6) is 0 Å². The number of nitrogens with zero attached hydrogens (tertiary/aromatic N) is 1. The van der Waals surface area contributed by atoms with E-state index in [1.54, 1.807) is 6.26 Å². The first-order valence-corrected chi connectivity index (χ1v) is 9.29. The van der Waals surface area contributed by atoms with E-state index >= 15 is 0 Å². The Bertz CT molecular complexity index is 786. The second-order valence-electron chi connectivity index (χ2n) is 6.89. The van der Waals surface area contributed by atoms with Crippen LogP contribution in [0.25, 0.3) is 0 Å². The summed E-state index contributed by atoms with van der Waals surface area (Å²) in [6.07, 6.45) is 1.12. The van der Waals surface area contributed by atoms with Gasteiger partial charge in [0.1, 0.15) is 5.76 Å². The Balaban J connectivity index is 1.54. The third-order valence-electron chi connectivity index (χ3n) is 4.34. The van der Waals surface area contributed by atoms with E-state index in [1.807, 2.05) is 42.5 Å². The zero-order chi connectivity index (χ0) is 18.9. The van der Waals surface area contributed by atoms with Crippen molar-refractivity contribution in [2.45, 2.75) is 32.7 Å². The highest BCUT2D eigenvalue weighted by atomic mass is 16.5. The van der Waals surface area contributed by atoms with Crippen LogP contribution in [0, 0.1) is 6.92 Å². The fourth-order valence-electron chi connectivity index (χ4n) is 3.11. The summed E-state index contributed by atoms with van der Waals surface area (Å²) in [6.45, 7) is 4.82. The molecular formula is C23H27NO3. The molecule has 27 heavy (non-hydrogen) atoms. The van der Waals surface area contributed by atoms with Crippen LogP contribution >= 0.6 is 0 Å². The number of furan rings is 1. The second kappa shape index (κ2) is 10.1. The largest absolute Gasteiger partial charge is 0.468 e.